The van der Waals surface area contributed by atoms with Crippen molar-refractivity contribution in [1.82, 2.24) is 19.8 Å². The number of rotatable bonds is 3. The number of nitrogens with one attached hydrogen (secondary N) is 2. The first-order valence-electron chi connectivity index (χ1n) is 11.6. The van der Waals surface area contributed by atoms with E-state index in [0.29, 0.717) is 47.2 Å². The lowest BCUT2D eigenvalue weighted by molar-refractivity contribution is 0.0366. The van der Waals surface area contributed by atoms with E-state index < -0.39 is 11.8 Å². The molecule has 0 atom stereocenters. The summed E-state index contributed by atoms with van der Waals surface area (Å²) in [5.41, 5.74) is 3.68. The van der Waals surface area contributed by atoms with Crippen molar-refractivity contribution < 1.29 is 24.5 Å². The van der Waals surface area contributed by atoms with Crippen molar-refractivity contribution in [2.75, 3.05) is 32.8 Å². The highest BCUT2D eigenvalue weighted by atomic mass is 16.5. The average molecular weight is 470 g/mol. The van der Waals surface area contributed by atoms with Crippen molar-refractivity contribution in [2.45, 2.75) is 6.54 Å². The van der Waals surface area contributed by atoms with Crippen LogP contribution in [0.2, 0.25) is 0 Å². The first-order valence-corrected chi connectivity index (χ1v) is 11.6. The van der Waals surface area contributed by atoms with Gasteiger partial charge in [-0.1, -0.05) is 0 Å². The maximum absolute atomic E-state index is 13.1. The lowest BCUT2D eigenvalue weighted by Gasteiger charge is -2.27. The summed E-state index contributed by atoms with van der Waals surface area (Å²) in [5.74, 6) is -0.623. The van der Waals surface area contributed by atoms with Crippen molar-refractivity contribution in [1.29, 1.82) is 0 Å². The van der Waals surface area contributed by atoms with E-state index in [9.17, 15) is 19.8 Å². The number of hydrogen-bond donors (Lipinski definition) is 4. The van der Waals surface area contributed by atoms with Gasteiger partial charge in [-0.25, -0.2) is 0 Å². The minimum absolute atomic E-state index is 0.107. The summed E-state index contributed by atoms with van der Waals surface area (Å²) < 4.78 is 7.60. The molecule has 4 heterocycles. The number of aromatic nitrogens is 2. The molecule has 0 saturated carbocycles. The first-order chi connectivity index (χ1) is 17.0. The minimum atomic E-state index is -0.432. The van der Waals surface area contributed by atoms with E-state index in [1.807, 2.05) is 0 Å². The Hall–Kier alpha value is -4.08. The Morgan fingerprint density at radius 1 is 0.857 bits per heavy atom. The number of imide groups is 1. The van der Waals surface area contributed by atoms with Crippen LogP contribution in [0.3, 0.4) is 0 Å². The molecule has 3 aromatic carbocycles. The number of nitrogens with zero attached hydrogens (tertiary/aromatic N) is 2. The number of carbonyl (C=O) groups excluding carboxylic acids is 2. The van der Waals surface area contributed by atoms with Gasteiger partial charge in [0.2, 0.25) is 0 Å². The number of amides is 2. The monoisotopic (exact) mass is 470 g/mol. The van der Waals surface area contributed by atoms with Gasteiger partial charge < -0.3 is 24.5 Å². The van der Waals surface area contributed by atoms with Gasteiger partial charge >= 0.3 is 0 Å². The normalized spacial score (nSPS) is 16.7. The Kier molecular flexibility index (Phi) is 4.18. The fourth-order valence-corrected chi connectivity index (χ4v) is 5.70. The molecule has 35 heavy (non-hydrogen) atoms. The Bertz CT molecular complexity index is 1720. The van der Waals surface area contributed by atoms with Gasteiger partial charge in [-0.2, -0.15) is 0 Å². The summed E-state index contributed by atoms with van der Waals surface area (Å²) in [6.07, 6.45) is 0. The Morgan fingerprint density at radius 3 is 2.31 bits per heavy atom. The second-order valence-electron chi connectivity index (χ2n) is 9.17. The number of fused-ring (bicyclic) bond motifs is 10. The molecule has 1 saturated heterocycles. The topological polar surface area (TPSA) is 120 Å². The van der Waals surface area contributed by atoms with Crippen LogP contribution in [-0.2, 0) is 11.3 Å². The number of phenolic OH excluding ortho intramolecular Hbond substituents is 2. The third-order valence-corrected chi connectivity index (χ3v) is 7.24. The van der Waals surface area contributed by atoms with Crippen LogP contribution < -0.4 is 5.32 Å². The van der Waals surface area contributed by atoms with Gasteiger partial charge in [0.05, 0.1) is 46.4 Å². The van der Waals surface area contributed by atoms with Gasteiger partial charge in [-0.05, 0) is 24.3 Å². The largest absolute Gasteiger partial charge is 0.508 e. The Morgan fingerprint density at radius 2 is 1.54 bits per heavy atom. The molecule has 0 unspecified atom stereocenters. The molecule has 0 aliphatic carbocycles. The predicted molar refractivity (Wildman–Crippen MR) is 131 cm³/mol. The van der Waals surface area contributed by atoms with Gasteiger partial charge in [-0.3, -0.25) is 19.8 Å². The molecule has 4 N–H and O–H groups in total. The summed E-state index contributed by atoms with van der Waals surface area (Å²) in [6, 6.07) is 10.1. The summed E-state index contributed by atoms with van der Waals surface area (Å²) in [6.45, 7) is 4.46. The Balaban J connectivity index is 1.62. The van der Waals surface area contributed by atoms with Crippen molar-refractivity contribution in [2.24, 2.45) is 0 Å². The molecule has 7 rings (SSSR count). The summed E-state index contributed by atoms with van der Waals surface area (Å²) in [5, 5.41) is 25.8. The van der Waals surface area contributed by atoms with Crippen LogP contribution in [0.4, 0.5) is 0 Å². The fourth-order valence-electron chi connectivity index (χ4n) is 5.70. The molecule has 0 radical (unpaired) electrons. The molecular weight excluding hydrogens is 448 g/mol. The number of carbonyl (C=O) groups is 2. The molecular formula is C26H22N4O5. The van der Waals surface area contributed by atoms with Crippen LogP contribution >= 0.6 is 0 Å². The zero-order chi connectivity index (χ0) is 23.8. The van der Waals surface area contributed by atoms with E-state index in [1.165, 1.54) is 0 Å². The van der Waals surface area contributed by atoms with Crippen molar-refractivity contribution in [3.8, 4) is 11.5 Å². The number of ether oxygens (including phenoxy) is 1. The van der Waals surface area contributed by atoms with Gasteiger partial charge in [0, 0.05) is 59.9 Å². The smallest absolute Gasteiger partial charge is 0.259 e. The molecule has 176 valence electrons. The number of morpholine rings is 1. The molecule has 2 aliphatic rings. The number of H-pyrrole nitrogens is 1. The van der Waals surface area contributed by atoms with Crippen molar-refractivity contribution >= 4 is 55.4 Å². The quantitative estimate of drug-likeness (QED) is 0.301. The van der Waals surface area contributed by atoms with Gasteiger partial charge in [-0.15, -0.1) is 0 Å². The standard InChI is InChI=1S/C26H22N4O5/c31-13-1-3-15-17(11-13)27-23-19(15)21-22(26(34)28-25(21)33)20-16-4-2-14(32)12-18(16)30(24(20)23)6-5-29-7-9-35-10-8-29/h1-4,11-12,27,31-32H,5-10H2,(H,28,33,34). The van der Waals surface area contributed by atoms with Gasteiger partial charge in [0.25, 0.3) is 11.8 Å². The van der Waals surface area contributed by atoms with Gasteiger partial charge in [0.1, 0.15) is 11.5 Å². The molecule has 1 fully saturated rings. The molecule has 5 aromatic rings. The molecule has 0 bridgehead atoms. The van der Waals surface area contributed by atoms with Crippen LogP contribution in [0.5, 0.6) is 11.5 Å². The number of aromatic amines is 1. The molecule has 2 aliphatic heterocycles. The lowest BCUT2D eigenvalue weighted by atomic mass is 9.96. The van der Waals surface area contributed by atoms with Crippen LogP contribution in [0, 0.1) is 0 Å². The lowest BCUT2D eigenvalue weighted by Crippen LogP contribution is -2.38. The second-order valence-corrected chi connectivity index (χ2v) is 9.17. The van der Waals surface area contributed by atoms with E-state index in [2.05, 4.69) is 19.8 Å². The zero-order valence-corrected chi connectivity index (χ0v) is 18.7. The molecule has 9 heteroatoms. The third-order valence-electron chi connectivity index (χ3n) is 7.24. The summed E-state index contributed by atoms with van der Waals surface area (Å²) in [7, 11) is 0. The van der Waals surface area contributed by atoms with Crippen LogP contribution in [-0.4, -0.2) is 69.3 Å². The maximum atomic E-state index is 13.1. The summed E-state index contributed by atoms with van der Waals surface area (Å²) >= 11 is 0. The van der Waals surface area contributed by atoms with Gasteiger partial charge in [0.15, 0.2) is 0 Å². The fraction of sp³-hybridized carbons (Fsp3) is 0.231. The van der Waals surface area contributed by atoms with Crippen molar-refractivity contribution in [3.05, 3.63) is 47.5 Å². The van der Waals surface area contributed by atoms with E-state index in [-0.39, 0.29) is 11.5 Å². The maximum Gasteiger partial charge on any atom is 0.259 e. The SMILES string of the molecule is O=C1NC(=O)c2c1c1c3ccc(O)cc3[nH]c1c1c2c2ccc(O)cc2n1CCN1CCOCC1. The van der Waals surface area contributed by atoms with Crippen LogP contribution in [0.1, 0.15) is 20.7 Å². The molecule has 0 spiro atoms. The number of hydrogen-bond acceptors (Lipinski definition) is 6. The molecule has 2 amide bonds. The predicted octanol–water partition coefficient (Wildman–Crippen LogP) is 3.06. The highest BCUT2D eigenvalue weighted by Gasteiger charge is 2.35. The van der Waals surface area contributed by atoms with E-state index >= 15 is 0 Å². The zero-order valence-electron chi connectivity index (χ0n) is 18.7. The first kappa shape index (κ1) is 20.3. The minimum Gasteiger partial charge on any atom is -0.508 e. The average Bonchev–Trinajstić information content (AvgIpc) is 3.46. The highest BCUT2D eigenvalue weighted by Crippen LogP contribution is 2.44. The van der Waals surface area contributed by atoms with E-state index in [0.717, 1.165) is 47.0 Å². The molecule has 9 nitrogen and oxygen atoms in total. The van der Waals surface area contributed by atoms with E-state index in [4.69, 9.17) is 4.74 Å². The van der Waals surface area contributed by atoms with Crippen LogP contribution in [0.15, 0.2) is 36.4 Å². The highest BCUT2D eigenvalue weighted by molar-refractivity contribution is 6.39. The number of aromatic hydroxyl groups is 2. The second kappa shape index (κ2) is 7.21. The Labute approximate surface area is 198 Å². The number of phenols is 2. The molecule has 2 aromatic heterocycles. The van der Waals surface area contributed by atoms with Crippen LogP contribution in [0.25, 0.3) is 43.6 Å². The summed E-state index contributed by atoms with van der Waals surface area (Å²) in [4.78, 5) is 31.9. The number of benzene rings is 3. The third kappa shape index (κ3) is 2.82. The van der Waals surface area contributed by atoms with E-state index in [1.54, 1.807) is 36.4 Å². The van der Waals surface area contributed by atoms with Crippen molar-refractivity contribution in [3.63, 3.8) is 0 Å².